The summed E-state index contributed by atoms with van der Waals surface area (Å²) >= 11 is 11.5. The van der Waals surface area contributed by atoms with Gasteiger partial charge in [-0.3, -0.25) is 0 Å². The van der Waals surface area contributed by atoms with E-state index >= 15 is 0 Å². The van der Waals surface area contributed by atoms with Gasteiger partial charge in [0.1, 0.15) is 0 Å². The van der Waals surface area contributed by atoms with Crippen LogP contribution in [0.5, 0.6) is 0 Å². The molecule has 0 fully saturated rings. The van der Waals surface area contributed by atoms with Crippen LogP contribution in [-0.4, -0.2) is 6.04 Å². The predicted octanol–water partition coefficient (Wildman–Crippen LogP) is 5.75. The van der Waals surface area contributed by atoms with E-state index in [4.69, 9.17) is 11.6 Å². The second-order valence-electron chi connectivity index (χ2n) is 4.85. The molecule has 0 saturated heterocycles. The van der Waals surface area contributed by atoms with Gasteiger partial charge in [0, 0.05) is 31.9 Å². The van der Waals surface area contributed by atoms with Crippen LogP contribution >= 0.6 is 39.3 Å². The van der Waals surface area contributed by atoms with Gasteiger partial charge in [-0.25, -0.2) is 0 Å². The van der Waals surface area contributed by atoms with Gasteiger partial charge in [-0.2, -0.15) is 0 Å². The molecule has 0 unspecified atom stereocenters. The van der Waals surface area contributed by atoms with Gasteiger partial charge in [-0.1, -0.05) is 65.3 Å². The van der Waals surface area contributed by atoms with Crippen molar-refractivity contribution in [2.45, 2.75) is 36.2 Å². The van der Waals surface area contributed by atoms with Crippen LogP contribution in [0.4, 0.5) is 0 Å². The van der Waals surface area contributed by atoms with Gasteiger partial charge in [-0.05, 0) is 35.9 Å². The molecular weight excluding hydrogens is 354 g/mol. The van der Waals surface area contributed by atoms with Crippen molar-refractivity contribution < 1.29 is 0 Å². The summed E-state index contributed by atoms with van der Waals surface area (Å²) in [5, 5.41) is 4.20. The molecule has 106 valence electrons. The lowest BCUT2D eigenvalue weighted by molar-refractivity contribution is 0.589. The Labute approximate surface area is 138 Å². The highest BCUT2D eigenvalue weighted by Gasteiger charge is 2.04. The number of rotatable bonds is 5. The minimum absolute atomic E-state index is 0.460. The molecule has 4 heteroatoms. The number of nitrogens with one attached hydrogen (secondary N) is 1. The number of halogens is 2. The molecule has 2 aromatic rings. The van der Waals surface area contributed by atoms with E-state index in [0.717, 1.165) is 26.5 Å². The van der Waals surface area contributed by atoms with E-state index in [-0.39, 0.29) is 0 Å². The normalized spacial score (nSPS) is 11.1. The van der Waals surface area contributed by atoms with Crippen LogP contribution in [0.2, 0.25) is 5.02 Å². The van der Waals surface area contributed by atoms with Crippen molar-refractivity contribution in [3.8, 4) is 0 Å². The molecule has 0 aromatic heterocycles. The van der Waals surface area contributed by atoms with Gasteiger partial charge in [0.2, 0.25) is 0 Å². The summed E-state index contributed by atoms with van der Waals surface area (Å²) < 4.78 is 1.09. The van der Waals surface area contributed by atoms with Gasteiger partial charge in [0.25, 0.3) is 0 Å². The Morgan fingerprint density at radius 2 is 1.90 bits per heavy atom. The highest BCUT2D eigenvalue weighted by atomic mass is 79.9. The Kier molecular flexibility index (Phi) is 5.97. The molecule has 1 nitrogen and oxygen atoms in total. The molecule has 0 aliphatic heterocycles. The van der Waals surface area contributed by atoms with E-state index in [1.807, 2.05) is 18.2 Å². The van der Waals surface area contributed by atoms with Crippen molar-refractivity contribution >= 4 is 39.3 Å². The molecule has 2 rings (SSSR count). The predicted molar refractivity (Wildman–Crippen MR) is 91.7 cm³/mol. The summed E-state index contributed by atoms with van der Waals surface area (Å²) in [7, 11) is 0. The Morgan fingerprint density at radius 1 is 1.15 bits per heavy atom. The third kappa shape index (κ3) is 4.81. The van der Waals surface area contributed by atoms with Crippen molar-refractivity contribution in [2.75, 3.05) is 0 Å². The topological polar surface area (TPSA) is 12.0 Å². The summed E-state index contributed by atoms with van der Waals surface area (Å²) in [5.41, 5.74) is 1.14. The van der Waals surface area contributed by atoms with Crippen LogP contribution in [0.3, 0.4) is 0 Å². The van der Waals surface area contributed by atoms with E-state index in [0.29, 0.717) is 6.04 Å². The van der Waals surface area contributed by atoms with Crippen LogP contribution in [0, 0.1) is 0 Å². The Balaban J connectivity index is 2.09. The van der Waals surface area contributed by atoms with E-state index in [2.05, 4.69) is 59.4 Å². The number of hydrogen-bond acceptors (Lipinski definition) is 2. The number of benzene rings is 2. The first-order valence-electron chi connectivity index (χ1n) is 6.50. The fourth-order valence-electron chi connectivity index (χ4n) is 1.72. The molecule has 0 aliphatic carbocycles. The standard InChI is InChI=1S/C16H17BrClNS/c1-11(2)19-10-12-6-7-15(9-16(12)18)20-14-5-3-4-13(17)8-14/h3-9,11,19H,10H2,1-2H3. The van der Waals surface area contributed by atoms with E-state index in [1.165, 1.54) is 4.90 Å². The minimum Gasteiger partial charge on any atom is -0.310 e. The van der Waals surface area contributed by atoms with Crippen LogP contribution in [0.1, 0.15) is 19.4 Å². The molecule has 0 aliphatic rings. The summed E-state index contributed by atoms with van der Waals surface area (Å²) in [6, 6.07) is 15.0. The molecule has 0 amide bonds. The zero-order chi connectivity index (χ0) is 14.5. The van der Waals surface area contributed by atoms with E-state index in [9.17, 15) is 0 Å². The van der Waals surface area contributed by atoms with Gasteiger partial charge >= 0.3 is 0 Å². The first-order chi connectivity index (χ1) is 9.54. The molecule has 0 heterocycles. The zero-order valence-electron chi connectivity index (χ0n) is 11.5. The third-order valence-corrected chi connectivity index (χ3v) is 4.58. The van der Waals surface area contributed by atoms with Crippen LogP contribution in [-0.2, 0) is 6.54 Å². The monoisotopic (exact) mass is 369 g/mol. The van der Waals surface area contributed by atoms with Crippen LogP contribution < -0.4 is 5.32 Å². The van der Waals surface area contributed by atoms with Crippen molar-refractivity contribution in [1.29, 1.82) is 0 Å². The Hall–Kier alpha value is -0.480. The lowest BCUT2D eigenvalue weighted by Crippen LogP contribution is -2.21. The first kappa shape index (κ1) is 15.9. The van der Waals surface area contributed by atoms with Crippen molar-refractivity contribution in [3.05, 3.63) is 57.5 Å². The minimum atomic E-state index is 0.460. The fourth-order valence-corrected chi connectivity index (χ4v) is 3.50. The maximum atomic E-state index is 6.35. The lowest BCUT2D eigenvalue weighted by Gasteiger charge is -2.11. The van der Waals surface area contributed by atoms with Gasteiger partial charge in [0.05, 0.1) is 0 Å². The van der Waals surface area contributed by atoms with Crippen LogP contribution in [0.15, 0.2) is 56.7 Å². The molecule has 0 atom stereocenters. The fraction of sp³-hybridized carbons (Fsp3) is 0.250. The molecule has 1 N–H and O–H groups in total. The van der Waals surface area contributed by atoms with E-state index in [1.54, 1.807) is 11.8 Å². The van der Waals surface area contributed by atoms with Crippen molar-refractivity contribution in [2.24, 2.45) is 0 Å². The summed E-state index contributed by atoms with van der Waals surface area (Å²) in [6.07, 6.45) is 0. The SMILES string of the molecule is CC(C)NCc1ccc(Sc2cccc(Br)c2)cc1Cl. The third-order valence-electron chi connectivity index (χ3n) is 2.76. The average Bonchev–Trinajstić information content (AvgIpc) is 2.37. The second kappa shape index (κ2) is 7.51. The second-order valence-corrected chi connectivity index (χ2v) is 7.32. The molecule has 0 saturated carbocycles. The first-order valence-corrected chi connectivity index (χ1v) is 8.48. The maximum absolute atomic E-state index is 6.35. The largest absolute Gasteiger partial charge is 0.310 e. The maximum Gasteiger partial charge on any atom is 0.0462 e. The molecule has 0 spiro atoms. The zero-order valence-corrected chi connectivity index (χ0v) is 14.6. The molecule has 0 radical (unpaired) electrons. The highest BCUT2D eigenvalue weighted by molar-refractivity contribution is 9.10. The summed E-state index contributed by atoms with van der Waals surface area (Å²) in [4.78, 5) is 2.35. The lowest BCUT2D eigenvalue weighted by atomic mass is 10.2. The molecular formula is C16H17BrClNS. The van der Waals surface area contributed by atoms with Gasteiger partial charge in [-0.15, -0.1) is 0 Å². The number of hydrogen-bond donors (Lipinski definition) is 1. The quantitative estimate of drug-likeness (QED) is 0.719. The smallest absolute Gasteiger partial charge is 0.0462 e. The summed E-state index contributed by atoms with van der Waals surface area (Å²) in [5.74, 6) is 0. The molecule has 0 bridgehead atoms. The Morgan fingerprint density at radius 3 is 2.55 bits per heavy atom. The van der Waals surface area contributed by atoms with Crippen molar-refractivity contribution in [3.63, 3.8) is 0 Å². The molecule has 2 aromatic carbocycles. The Bertz CT molecular complexity index is 586. The van der Waals surface area contributed by atoms with E-state index < -0.39 is 0 Å². The molecule has 20 heavy (non-hydrogen) atoms. The van der Waals surface area contributed by atoms with Crippen molar-refractivity contribution in [1.82, 2.24) is 5.32 Å². The van der Waals surface area contributed by atoms with Gasteiger partial charge in [0.15, 0.2) is 0 Å². The summed E-state index contributed by atoms with van der Waals surface area (Å²) in [6.45, 7) is 5.06. The van der Waals surface area contributed by atoms with Crippen LogP contribution in [0.25, 0.3) is 0 Å². The average molecular weight is 371 g/mol. The highest BCUT2D eigenvalue weighted by Crippen LogP contribution is 2.32. The van der Waals surface area contributed by atoms with Gasteiger partial charge < -0.3 is 5.32 Å².